The summed E-state index contributed by atoms with van der Waals surface area (Å²) in [5.41, 5.74) is -0.767. The first kappa shape index (κ1) is 17.3. The van der Waals surface area contributed by atoms with Gasteiger partial charge in [0.25, 0.3) is 0 Å². The number of carbonyl (C=O) groups excluding carboxylic acids is 1. The standard InChI is InChI=1S/C18H22F3NO2/c1-17(10-23)8-4-7-15(17)22-16(24)13-9-12(13)11-5-2-3-6-14(11)18(19,20)21/h2-3,5-6,12-13,15,23H,4,7-10H2,1H3,(H,22,24). The van der Waals surface area contributed by atoms with Gasteiger partial charge in [0, 0.05) is 17.4 Å². The fourth-order valence-corrected chi connectivity index (χ4v) is 3.85. The van der Waals surface area contributed by atoms with Crippen LogP contribution in [-0.2, 0) is 11.0 Å². The third-order valence-electron chi connectivity index (χ3n) is 5.55. The minimum Gasteiger partial charge on any atom is -0.396 e. The summed E-state index contributed by atoms with van der Waals surface area (Å²) in [6.07, 6.45) is -1.37. The number of rotatable bonds is 4. The Morgan fingerprint density at radius 1 is 1.38 bits per heavy atom. The molecule has 0 aromatic heterocycles. The van der Waals surface area contributed by atoms with E-state index in [0.717, 1.165) is 25.3 Å². The third kappa shape index (κ3) is 3.16. The number of nitrogens with one attached hydrogen (secondary N) is 1. The Labute approximate surface area is 139 Å². The average Bonchev–Trinajstić information content (AvgIpc) is 3.26. The van der Waals surface area contributed by atoms with Gasteiger partial charge in [-0.15, -0.1) is 0 Å². The summed E-state index contributed by atoms with van der Waals surface area (Å²) in [6, 6.07) is 5.39. The van der Waals surface area contributed by atoms with Gasteiger partial charge in [-0.1, -0.05) is 31.5 Å². The first-order valence-corrected chi connectivity index (χ1v) is 8.33. The van der Waals surface area contributed by atoms with E-state index in [2.05, 4.69) is 5.32 Å². The monoisotopic (exact) mass is 341 g/mol. The molecular weight excluding hydrogens is 319 g/mol. The molecule has 2 aliphatic rings. The number of benzene rings is 1. The van der Waals surface area contributed by atoms with Crippen molar-refractivity contribution in [1.29, 1.82) is 0 Å². The number of hydrogen-bond acceptors (Lipinski definition) is 2. The van der Waals surface area contributed by atoms with E-state index in [1.165, 1.54) is 12.1 Å². The molecule has 3 nitrogen and oxygen atoms in total. The van der Waals surface area contributed by atoms with Gasteiger partial charge in [-0.05, 0) is 36.8 Å². The Balaban J connectivity index is 1.69. The number of aliphatic hydroxyl groups excluding tert-OH is 1. The Bertz CT molecular complexity index is 631. The van der Waals surface area contributed by atoms with Crippen molar-refractivity contribution in [3.05, 3.63) is 35.4 Å². The van der Waals surface area contributed by atoms with Crippen LogP contribution in [0.25, 0.3) is 0 Å². The van der Waals surface area contributed by atoms with Gasteiger partial charge < -0.3 is 10.4 Å². The van der Waals surface area contributed by atoms with Gasteiger partial charge in [-0.25, -0.2) is 0 Å². The molecular formula is C18H22F3NO2. The largest absolute Gasteiger partial charge is 0.416 e. The maximum Gasteiger partial charge on any atom is 0.416 e. The van der Waals surface area contributed by atoms with Crippen LogP contribution in [-0.4, -0.2) is 23.7 Å². The number of alkyl halides is 3. The SMILES string of the molecule is CC1(CO)CCCC1NC(=O)C1CC1c1ccccc1C(F)(F)F. The number of halogens is 3. The number of hydrogen-bond donors (Lipinski definition) is 2. The quantitative estimate of drug-likeness (QED) is 0.881. The van der Waals surface area contributed by atoms with Crippen molar-refractivity contribution in [2.75, 3.05) is 6.61 Å². The molecule has 0 spiro atoms. The van der Waals surface area contributed by atoms with Crippen molar-refractivity contribution in [3.8, 4) is 0 Å². The average molecular weight is 341 g/mol. The van der Waals surface area contributed by atoms with E-state index in [4.69, 9.17) is 0 Å². The van der Waals surface area contributed by atoms with E-state index in [-0.39, 0.29) is 35.5 Å². The highest BCUT2D eigenvalue weighted by Gasteiger charge is 2.49. The fourth-order valence-electron chi connectivity index (χ4n) is 3.85. The molecule has 2 fully saturated rings. The number of carbonyl (C=O) groups is 1. The fraction of sp³-hybridized carbons (Fsp3) is 0.611. The van der Waals surface area contributed by atoms with E-state index in [1.807, 2.05) is 6.92 Å². The predicted octanol–water partition coefficient (Wildman–Crippen LogP) is 3.48. The van der Waals surface area contributed by atoms with Gasteiger partial charge in [0.1, 0.15) is 0 Å². The summed E-state index contributed by atoms with van der Waals surface area (Å²) >= 11 is 0. The molecule has 6 heteroatoms. The van der Waals surface area contributed by atoms with Crippen molar-refractivity contribution in [3.63, 3.8) is 0 Å². The topological polar surface area (TPSA) is 49.3 Å². The molecule has 0 radical (unpaired) electrons. The summed E-state index contributed by atoms with van der Waals surface area (Å²) in [5, 5.41) is 12.5. The van der Waals surface area contributed by atoms with Crippen LogP contribution < -0.4 is 5.32 Å². The van der Waals surface area contributed by atoms with Crippen LogP contribution in [0.1, 0.15) is 49.7 Å². The zero-order valence-corrected chi connectivity index (χ0v) is 13.6. The van der Waals surface area contributed by atoms with Crippen LogP contribution in [0.5, 0.6) is 0 Å². The van der Waals surface area contributed by atoms with Crippen molar-refractivity contribution in [2.45, 2.75) is 50.7 Å². The Hall–Kier alpha value is -1.56. The molecule has 3 rings (SSSR count). The Morgan fingerprint density at radius 2 is 2.08 bits per heavy atom. The van der Waals surface area contributed by atoms with Crippen LogP contribution in [0.3, 0.4) is 0 Å². The minimum absolute atomic E-state index is 0.00293. The zero-order chi connectivity index (χ0) is 17.5. The normalized spacial score (nSPS) is 32.6. The van der Waals surface area contributed by atoms with Crippen LogP contribution in [0, 0.1) is 11.3 Å². The van der Waals surface area contributed by atoms with Crippen molar-refractivity contribution in [1.82, 2.24) is 5.32 Å². The highest BCUT2D eigenvalue weighted by atomic mass is 19.4. The lowest BCUT2D eigenvalue weighted by Gasteiger charge is -2.30. The van der Waals surface area contributed by atoms with E-state index in [9.17, 15) is 23.1 Å². The second-order valence-electron chi connectivity index (χ2n) is 7.30. The maximum atomic E-state index is 13.1. The molecule has 0 bridgehead atoms. The second kappa shape index (κ2) is 6.06. The smallest absolute Gasteiger partial charge is 0.396 e. The molecule has 132 valence electrons. The first-order valence-electron chi connectivity index (χ1n) is 8.33. The van der Waals surface area contributed by atoms with E-state index in [1.54, 1.807) is 6.07 Å². The lowest BCUT2D eigenvalue weighted by Crippen LogP contribution is -2.45. The molecule has 2 aliphatic carbocycles. The summed E-state index contributed by atoms with van der Waals surface area (Å²) < 4.78 is 39.3. The molecule has 2 saturated carbocycles. The number of amides is 1. The molecule has 0 aliphatic heterocycles. The lowest BCUT2D eigenvalue weighted by molar-refractivity contribution is -0.138. The molecule has 1 aromatic rings. The summed E-state index contributed by atoms with van der Waals surface area (Å²) in [7, 11) is 0. The van der Waals surface area contributed by atoms with E-state index < -0.39 is 17.7 Å². The molecule has 2 N–H and O–H groups in total. The third-order valence-corrected chi connectivity index (χ3v) is 5.55. The molecule has 1 aromatic carbocycles. The van der Waals surface area contributed by atoms with Crippen molar-refractivity contribution in [2.24, 2.45) is 11.3 Å². The van der Waals surface area contributed by atoms with Gasteiger partial charge in [-0.3, -0.25) is 4.79 Å². The van der Waals surface area contributed by atoms with Gasteiger partial charge >= 0.3 is 6.18 Å². The number of aliphatic hydroxyl groups is 1. The van der Waals surface area contributed by atoms with Crippen LogP contribution in [0.2, 0.25) is 0 Å². The van der Waals surface area contributed by atoms with Crippen LogP contribution >= 0.6 is 0 Å². The first-order chi connectivity index (χ1) is 11.3. The van der Waals surface area contributed by atoms with Gasteiger partial charge in [0.05, 0.1) is 12.2 Å². The van der Waals surface area contributed by atoms with Crippen molar-refractivity contribution < 1.29 is 23.1 Å². The Morgan fingerprint density at radius 3 is 2.75 bits per heavy atom. The van der Waals surface area contributed by atoms with Gasteiger partial charge in [-0.2, -0.15) is 13.2 Å². The van der Waals surface area contributed by atoms with Crippen molar-refractivity contribution >= 4 is 5.91 Å². The van der Waals surface area contributed by atoms with Gasteiger partial charge in [0.15, 0.2) is 0 Å². The molecule has 0 saturated heterocycles. The highest BCUT2D eigenvalue weighted by molar-refractivity contribution is 5.83. The predicted molar refractivity (Wildman–Crippen MR) is 83.3 cm³/mol. The van der Waals surface area contributed by atoms with Crippen LogP contribution in [0.4, 0.5) is 13.2 Å². The highest BCUT2D eigenvalue weighted by Crippen LogP contribution is 2.51. The molecule has 4 unspecified atom stereocenters. The van der Waals surface area contributed by atoms with Crippen LogP contribution in [0.15, 0.2) is 24.3 Å². The lowest BCUT2D eigenvalue weighted by atomic mass is 9.85. The maximum absolute atomic E-state index is 13.1. The second-order valence-corrected chi connectivity index (χ2v) is 7.30. The molecule has 1 amide bonds. The molecule has 24 heavy (non-hydrogen) atoms. The molecule has 4 atom stereocenters. The summed E-state index contributed by atoms with van der Waals surface area (Å²) in [6.45, 7) is 1.94. The van der Waals surface area contributed by atoms with E-state index >= 15 is 0 Å². The Kier molecular flexibility index (Phi) is 4.36. The summed E-state index contributed by atoms with van der Waals surface area (Å²) in [5.74, 6) is -0.967. The molecule has 0 heterocycles. The van der Waals surface area contributed by atoms with Gasteiger partial charge in [0.2, 0.25) is 5.91 Å². The zero-order valence-electron chi connectivity index (χ0n) is 13.6. The van der Waals surface area contributed by atoms with E-state index in [0.29, 0.717) is 6.42 Å². The minimum atomic E-state index is -4.40. The summed E-state index contributed by atoms with van der Waals surface area (Å²) in [4.78, 5) is 12.4.